The topological polar surface area (TPSA) is 49.3 Å². The van der Waals surface area contributed by atoms with E-state index in [4.69, 9.17) is 11.6 Å². The van der Waals surface area contributed by atoms with Gasteiger partial charge in [-0.05, 0) is 25.1 Å². The number of amides is 1. The molecule has 0 N–H and O–H groups in total. The zero-order valence-electron chi connectivity index (χ0n) is 12.7. The quantitative estimate of drug-likeness (QED) is 0.847. The van der Waals surface area contributed by atoms with Crippen LogP contribution in [0, 0.1) is 12.7 Å². The molecule has 0 atom stereocenters. The average Bonchev–Trinajstić information content (AvgIpc) is 2.54. The summed E-state index contributed by atoms with van der Waals surface area (Å²) >= 11 is 5.97. The van der Waals surface area contributed by atoms with E-state index in [0.29, 0.717) is 31.7 Å². The van der Waals surface area contributed by atoms with Gasteiger partial charge in [-0.3, -0.25) is 4.79 Å². The fourth-order valence-corrected chi connectivity index (χ4v) is 2.83. The lowest BCUT2D eigenvalue weighted by Crippen LogP contribution is -2.49. The monoisotopic (exact) mass is 334 g/mol. The Kier molecular flexibility index (Phi) is 4.43. The maximum atomic E-state index is 13.1. The highest BCUT2D eigenvalue weighted by Gasteiger charge is 2.24. The molecular weight excluding hydrogens is 319 g/mol. The standard InChI is InChI=1S/C16H16ClFN4O/c1-11-8-15(20-10-19-11)21-4-6-22(7-5-21)16(23)13-3-2-12(18)9-14(13)17/h2-3,8-10H,4-7H2,1H3. The highest BCUT2D eigenvalue weighted by atomic mass is 35.5. The number of benzene rings is 1. The Hall–Kier alpha value is -2.21. The van der Waals surface area contributed by atoms with Gasteiger partial charge in [0.05, 0.1) is 10.6 Å². The van der Waals surface area contributed by atoms with Crippen molar-refractivity contribution >= 4 is 23.3 Å². The second-order valence-corrected chi connectivity index (χ2v) is 5.83. The minimum Gasteiger partial charge on any atom is -0.353 e. The highest BCUT2D eigenvalue weighted by molar-refractivity contribution is 6.33. The maximum Gasteiger partial charge on any atom is 0.255 e. The lowest BCUT2D eigenvalue weighted by Gasteiger charge is -2.35. The van der Waals surface area contributed by atoms with Crippen LogP contribution < -0.4 is 4.90 Å². The van der Waals surface area contributed by atoms with Crippen LogP contribution in [0.3, 0.4) is 0 Å². The number of aromatic nitrogens is 2. The van der Waals surface area contributed by atoms with E-state index in [1.54, 1.807) is 11.2 Å². The van der Waals surface area contributed by atoms with Crippen LogP contribution in [0.4, 0.5) is 10.2 Å². The number of hydrogen-bond donors (Lipinski definition) is 0. The van der Waals surface area contributed by atoms with Gasteiger partial charge in [-0.1, -0.05) is 11.6 Å². The second kappa shape index (κ2) is 6.50. The third-order valence-electron chi connectivity index (χ3n) is 3.84. The molecule has 2 heterocycles. The molecule has 0 radical (unpaired) electrons. The molecular formula is C16H16ClFN4O. The number of aryl methyl sites for hydroxylation is 1. The minimum atomic E-state index is -0.449. The first-order chi connectivity index (χ1) is 11.0. The Morgan fingerprint density at radius 1 is 1.17 bits per heavy atom. The van der Waals surface area contributed by atoms with Crippen molar-refractivity contribution < 1.29 is 9.18 Å². The van der Waals surface area contributed by atoms with Crippen LogP contribution in [-0.2, 0) is 0 Å². The van der Waals surface area contributed by atoms with Gasteiger partial charge >= 0.3 is 0 Å². The Labute approximate surface area is 138 Å². The molecule has 2 aromatic rings. The summed E-state index contributed by atoms with van der Waals surface area (Å²) in [6.45, 7) is 4.41. The summed E-state index contributed by atoms with van der Waals surface area (Å²) in [6, 6.07) is 5.77. The van der Waals surface area contributed by atoms with Crippen molar-refractivity contribution in [3.05, 3.63) is 52.7 Å². The van der Waals surface area contributed by atoms with Crippen LogP contribution in [0.2, 0.25) is 5.02 Å². The molecule has 0 aliphatic carbocycles. The molecule has 5 nitrogen and oxygen atoms in total. The van der Waals surface area contributed by atoms with Crippen molar-refractivity contribution in [3.8, 4) is 0 Å². The van der Waals surface area contributed by atoms with Gasteiger partial charge in [0.2, 0.25) is 0 Å². The number of piperazine rings is 1. The van der Waals surface area contributed by atoms with Crippen LogP contribution in [0.15, 0.2) is 30.6 Å². The molecule has 1 aromatic heterocycles. The van der Waals surface area contributed by atoms with Crippen molar-refractivity contribution in [2.24, 2.45) is 0 Å². The normalized spacial score (nSPS) is 14.9. The molecule has 1 amide bonds. The summed E-state index contributed by atoms with van der Waals surface area (Å²) in [5, 5.41) is 0.142. The molecule has 1 aromatic carbocycles. The number of carbonyl (C=O) groups is 1. The number of halogens is 2. The summed E-state index contributed by atoms with van der Waals surface area (Å²) in [5.41, 5.74) is 1.24. The lowest BCUT2D eigenvalue weighted by atomic mass is 10.1. The number of anilines is 1. The minimum absolute atomic E-state index is 0.142. The van der Waals surface area contributed by atoms with E-state index in [2.05, 4.69) is 14.9 Å². The third kappa shape index (κ3) is 3.42. The largest absolute Gasteiger partial charge is 0.353 e. The number of rotatable bonds is 2. The zero-order valence-corrected chi connectivity index (χ0v) is 13.4. The molecule has 1 fully saturated rings. The average molecular weight is 335 g/mol. The SMILES string of the molecule is Cc1cc(N2CCN(C(=O)c3ccc(F)cc3Cl)CC2)ncn1. The molecule has 3 rings (SSSR count). The van der Waals surface area contributed by atoms with Crippen LogP contribution >= 0.6 is 11.6 Å². The molecule has 1 aliphatic rings. The van der Waals surface area contributed by atoms with Crippen molar-refractivity contribution in [3.63, 3.8) is 0 Å². The highest BCUT2D eigenvalue weighted by Crippen LogP contribution is 2.21. The van der Waals surface area contributed by atoms with E-state index in [1.165, 1.54) is 12.1 Å². The first kappa shape index (κ1) is 15.7. The van der Waals surface area contributed by atoms with Gasteiger partial charge in [0.15, 0.2) is 0 Å². The molecule has 0 saturated carbocycles. The molecule has 0 unspecified atom stereocenters. The molecule has 23 heavy (non-hydrogen) atoms. The van der Waals surface area contributed by atoms with Crippen molar-refractivity contribution in [1.29, 1.82) is 0 Å². The van der Waals surface area contributed by atoms with E-state index in [9.17, 15) is 9.18 Å². The van der Waals surface area contributed by atoms with Crippen molar-refractivity contribution in [2.45, 2.75) is 6.92 Å². The van der Waals surface area contributed by atoms with Gasteiger partial charge in [-0.25, -0.2) is 14.4 Å². The summed E-state index contributed by atoms with van der Waals surface area (Å²) in [4.78, 5) is 24.7. The summed E-state index contributed by atoms with van der Waals surface area (Å²) in [6.07, 6.45) is 1.54. The fourth-order valence-electron chi connectivity index (χ4n) is 2.59. The first-order valence-corrected chi connectivity index (χ1v) is 7.70. The summed E-state index contributed by atoms with van der Waals surface area (Å²) in [5.74, 6) is 0.244. The lowest BCUT2D eigenvalue weighted by molar-refractivity contribution is 0.0746. The van der Waals surface area contributed by atoms with E-state index >= 15 is 0 Å². The molecule has 1 aliphatic heterocycles. The smallest absolute Gasteiger partial charge is 0.255 e. The number of carbonyl (C=O) groups excluding carboxylic acids is 1. The van der Waals surface area contributed by atoms with E-state index in [-0.39, 0.29) is 10.9 Å². The van der Waals surface area contributed by atoms with Gasteiger partial charge in [-0.2, -0.15) is 0 Å². The molecule has 120 valence electrons. The van der Waals surface area contributed by atoms with Crippen LogP contribution in [-0.4, -0.2) is 47.0 Å². The predicted octanol–water partition coefficient (Wildman–Crippen LogP) is 2.54. The van der Waals surface area contributed by atoms with Crippen LogP contribution in [0.25, 0.3) is 0 Å². The predicted molar refractivity (Wildman–Crippen MR) is 86.3 cm³/mol. The Morgan fingerprint density at radius 3 is 2.57 bits per heavy atom. The van der Waals surface area contributed by atoms with E-state index in [0.717, 1.165) is 17.6 Å². The van der Waals surface area contributed by atoms with Crippen LogP contribution in [0.1, 0.15) is 16.1 Å². The molecule has 0 bridgehead atoms. The maximum absolute atomic E-state index is 13.1. The van der Waals surface area contributed by atoms with Gasteiger partial charge < -0.3 is 9.80 Å². The summed E-state index contributed by atoms with van der Waals surface area (Å²) in [7, 11) is 0. The van der Waals surface area contributed by atoms with Gasteiger partial charge in [-0.15, -0.1) is 0 Å². The molecule has 7 heteroatoms. The van der Waals surface area contributed by atoms with Crippen molar-refractivity contribution in [2.75, 3.05) is 31.1 Å². The third-order valence-corrected chi connectivity index (χ3v) is 4.15. The van der Waals surface area contributed by atoms with E-state index in [1.807, 2.05) is 13.0 Å². The van der Waals surface area contributed by atoms with E-state index < -0.39 is 5.82 Å². The van der Waals surface area contributed by atoms with Crippen molar-refractivity contribution in [1.82, 2.24) is 14.9 Å². The van der Waals surface area contributed by atoms with Crippen LogP contribution in [0.5, 0.6) is 0 Å². The molecule has 0 spiro atoms. The Balaban J connectivity index is 1.68. The Morgan fingerprint density at radius 2 is 1.91 bits per heavy atom. The second-order valence-electron chi connectivity index (χ2n) is 5.42. The Bertz CT molecular complexity index is 732. The van der Waals surface area contributed by atoms with Gasteiger partial charge in [0, 0.05) is 37.9 Å². The van der Waals surface area contributed by atoms with Gasteiger partial charge in [0.25, 0.3) is 5.91 Å². The molecule has 1 saturated heterocycles. The number of hydrogen-bond acceptors (Lipinski definition) is 4. The number of nitrogens with zero attached hydrogens (tertiary/aromatic N) is 4. The van der Waals surface area contributed by atoms with Gasteiger partial charge in [0.1, 0.15) is 18.0 Å². The zero-order chi connectivity index (χ0) is 16.4. The first-order valence-electron chi connectivity index (χ1n) is 7.32. The fraction of sp³-hybridized carbons (Fsp3) is 0.312. The summed E-state index contributed by atoms with van der Waals surface area (Å²) < 4.78 is 13.1.